The van der Waals surface area contributed by atoms with Crippen LogP contribution < -0.4 is 0 Å². The highest BCUT2D eigenvalue weighted by atomic mass is 14.6. The van der Waals surface area contributed by atoms with Gasteiger partial charge >= 0.3 is 0 Å². The van der Waals surface area contributed by atoms with E-state index >= 15 is 0 Å². The van der Waals surface area contributed by atoms with Gasteiger partial charge < -0.3 is 0 Å². The molecule has 0 aliphatic carbocycles. The smallest absolute Gasteiger partial charge is 0.187 e. The molecule has 17 heavy (non-hydrogen) atoms. The van der Waals surface area contributed by atoms with Gasteiger partial charge in [-0.25, -0.2) is 4.85 Å². The molecule has 1 nitrogen and oxygen atoms in total. The maximum atomic E-state index is 6.88. The summed E-state index contributed by atoms with van der Waals surface area (Å²) in [5.74, 6) is 0. The zero-order chi connectivity index (χ0) is 12.1. The van der Waals surface area contributed by atoms with Crippen LogP contribution in [0.4, 0.5) is 5.69 Å². The zero-order valence-corrected chi connectivity index (χ0v) is 9.72. The maximum Gasteiger partial charge on any atom is 0.187 e. The fraction of sp³-hybridized carbons (Fsp3) is 0.0625. The number of rotatable bonds is 2. The van der Waals surface area contributed by atoms with Crippen molar-refractivity contribution in [2.45, 2.75) is 6.92 Å². The summed E-state index contributed by atoms with van der Waals surface area (Å²) < 4.78 is 0. The van der Waals surface area contributed by atoms with Crippen molar-refractivity contribution in [1.82, 2.24) is 0 Å². The van der Waals surface area contributed by atoms with Crippen molar-refractivity contribution in [3.8, 4) is 0 Å². The molecule has 0 unspecified atom stereocenters. The summed E-state index contributed by atoms with van der Waals surface area (Å²) in [4.78, 5) is 3.37. The molecule has 0 heterocycles. The molecule has 2 rings (SSSR count). The van der Waals surface area contributed by atoms with Crippen molar-refractivity contribution in [1.29, 1.82) is 0 Å². The fourth-order valence-corrected chi connectivity index (χ4v) is 1.53. The van der Waals surface area contributed by atoms with Crippen molar-refractivity contribution in [3.63, 3.8) is 0 Å². The lowest BCUT2D eigenvalue weighted by atomic mass is 10.1. The molecule has 0 bridgehead atoms. The molecule has 0 atom stereocenters. The van der Waals surface area contributed by atoms with Crippen LogP contribution in [0, 0.1) is 13.5 Å². The Bertz CT molecular complexity index is 554. The molecule has 1 heteroatoms. The molecule has 0 aromatic heterocycles. The molecule has 0 spiro atoms. The summed E-state index contributed by atoms with van der Waals surface area (Å²) in [6.45, 7) is 8.96. The van der Waals surface area contributed by atoms with Gasteiger partial charge in [0.15, 0.2) is 5.69 Å². The molecule has 0 radical (unpaired) electrons. The summed E-state index contributed by atoms with van der Waals surface area (Å²) in [7, 11) is 0. The minimum atomic E-state index is 0.678. The predicted molar refractivity (Wildman–Crippen MR) is 72.8 cm³/mol. The zero-order valence-electron chi connectivity index (χ0n) is 9.72. The number of nitrogens with zero attached hydrogens (tertiary/aromatic N) is 1. The lowest BCUT2D eigenvalue weighted by molar-refractivity contribution is 1.46. The third-order valence-electron chi connectivity index (χ3n) is 2.57. The van der Waals surface area contributed by atoms with Crippen LogP contribution in [0.25, 0.3) is 17.0 Å². The lowest BCUT2D eigenvalue weighted by Gasteiger charge is -1.96. The highest BCUT2D eigenvalue weighted by Crippen LogP contribution is 2.15. The van der Waals surface area contributed by atoms with Gasteiger partial charge in [-0.15, -0.1) is 0 Å². The first-order valence-corrected chi connectivity index (χ1v) is 5.50. The van der Waals surface area contributed by atoms with E-state index in [-0.39, 0.29) is 0 Å². The van der Waals surface area contributed by atoms with Crippen LogP contribution in [0.1, 0.15) is 16.7 Å². The van der Waals surface area contributed by atoms with Crippen molar-refractivity contribution < 1.29 is 0 Å². The minimum absolute atomic E-state index is 0.678. The second-order valence-corrected chi connectivity index (χ2v) is 3.95. The van der Waals surface area contributed by atoms with Gasteiger partial charge in [0.2, 0.25) is 0 Å². The monoisotopic (exact) mass is 219 g/mol. The Kier molecular flexibility index (Phi) is 3.37. The van der Waals surface area contributed by atoms with E-state index in [1.165, 1.54) is 11.1 Å². The van der Waals surface area contributed by atoms with Gasteiger partial charge in [-0.05, 0) is 18.1 Å². The highest BCUT2D eigenvalue weighted by Gasteiger charge is 1.90. The molecule has 2 aromatic carbocycles. The Balaban J connectivity index is 2.14. The molecule has 0 saturated heterocycles. The van der Waals surface area contributed by atoms with Gasteiger partial charge in [0.1, 0.15) is 0 Å². The molecule has 0 aliphatic heterocycles. The Hall–Kier alpha value is -2.33. The third-order valence-corrected chi connectivity index (χ3v) is 2.57. The fourth-order valence-electron chi connectivity index (χ4n) is 1.53. The SMILES string of the molecule is [C-]#[N+]c1ccc(/C=C/c2ccc(C)cc2)cc1. The third kappa shape index (κ3) is 3.06. The quantitative estimate of drug-likeness (QED) is 0.508. The highest BCUT2D eigenvalue weighted by molar-refractivity contribution is 5.70. The summed E-state index contributed by atoms with van der Waals surface area (Å²) >= 11 is 0. The molecule has 0 N–H and O–H groups in total. The second-order valence-electron chi connectivity index (χ2n) is 3.95. The van der Waals surface area contributed by atoms with Gasteiger partial charge in [0.05, 0.1) is 6.57 Å². The second kappa shape index (κ2) is 5.14. The van der Waals surface area contributed by atoms with Gasteiger partial charge in [-0.3, -0.25) is 0 Å². The summed E-state index contributed by atoms with van der Waals surface area (Å²) in [6.07, 6.45) is 4.13. The maximum absolute atomic E-state index is 6.88. The van der Waals surface area contributed by atoms with E-state index in [4.69, 9.17) is 6.57 Å². The topological polar surface area (TPSA) is 4.36 Å². The normalized spacial score (nSPS) is 10.4. The average Bonchev–Trinajstić information content (AvgIpc) is 2.39. The molecular formula is C16H13N. The minimum Gasteiger partial charge on any atom is -0.238 e. The number of benzene rings is 2. The number of hydrogen-bond donors (Lipinski definition) is 0. The van der Waals surface area contributed by atoms with E-state index < -0.39 is 0 Å². The van der Waals surface area contributed by atoms with Gasteiger partial charge in [0.25, 0.3) is 0 Å². The molecule has 0 aliphatic rings. The Morgan fingerprint density at radius 3 is 1.76 bits per heavy atom. The van der Waals surface area contributed by atoms with Gasteiger partial charge in [-0.2, -0.15) is 0 Å². The average molecular weight is 219 g/mol. The summed E-state index contributed by atoms with van der Waals surface area (Å²) in [6, 6.07) is 16.0. The Labute approximate surface area is 102 Å². The van der Waals surface area contributed by atoms with Crippen molar-refractivity contribution in [2.24, 2.45) is 0 Å². The van der Waals surface area contributed by atoms with Crippen molar-refractivity contribution in [3.05, 3.63) is 76.6 Å². The van der Waals surface area contributed by atoms with Crippen molar-refractivity contribution in [2.75, 3.05) is 0 Å². The first kappa shape index (κ1) is 11.2. The Morgan fingerprint density at radius 2 is 1.29 bits per heavy atom. The van der Waals surface area contributed by atoms with Crippen LogP contribution >= 0.6 is 0 Å². The van der Waals surface area contributed by atoms with Crippen LogP contribution in [0.3, 0.4) is 0 Å². The van der Waals surface area contributed by atoms with Crippen molar-refractivity contribution >= 4 is 17.8 Å². The van der Waals surface area contributed by atoms with Crippen LogP contribution in [-0.4, -0.2) is 0 Å². The van der Waals surface area contributed by atoms with E-state index in [2.05, 4.69) is 48.2 Å². The van der Waals surface area contributed by atoms with Crippen LogP contribution in [0.2, 0.25) is 0 Å². The molecule has 0 amide bonds. The van der Waals surface area contributed by atoms with Gasteiger partial charge in [-0.1, -0.05) is 66.2 Å². The molecule has 0 saturated carbocycles. The summed E-state index contributed by atoms with van der Waals surface area (Å²) in [5, 5.41) is 0. The van der Waals surface area contributed by atoms with E-state index in [9.17, 15) is 0 Å². The first-order chi connectivity index (χ1) is 8.28. The molecule has 2 aromatic rings. The van der Waals surface area contributed by atoms with Crippen LogP contribution in [0.5, 0.6) is 0 Å². The van der Waals surface area contributed by atoms with E-state index in [1.807, 2.05) is 24.3 Å². The Morgan fingerprint density at radius 1 is 0.824 bits per heavy atom. The van der Waals surface area contributed by atoms with Crippen LogP contribution in [-0.2, 0) is 0 Å². The predicted octanol–water partition coefficient (Wildman–Crippen LogP) is 4.72. The number of hydrogen-bond acceptors (Lipinski definition) is 0. The van der Waals surface area contributed by atoms with E-state index in [0.717, 1.165) is 5.56 Å². The van der Waals surface area contributed by atoms with Gasteiger partial charge in [0, 0.05) is 0 Å². The standard InChI is InChI=1S/C16H13N/c1-13-3-5-14(6-4-13)7-8-15-9-11-16(17-2)12-10-15/h3-12H,1H3/b8-7+. The van der Waals surface area contributed by atoms with Crippen LogP contribution in [0.15, 0.2) is 48.5 Å². The molecule has 82 valence electrons. The summed E-state index contributed by atoms with van der Waals surface area (Å²) in [5.41, 5.74) is 4.24. The van der Waals surface area contributed by atoms with E-state index in [0.29, 0.717) is 5.69 Å². The first-order valence-electron chi connectivity index (χ1n) is 5.50. The lowest BCUT2D eigenvalue weighted by Crippen LogP contribution is -1.74. The molecule has 0 fully saturated rings. The van der Waals surface area contributed by atoms with E-state index in [1.54, 1.807) is 0 Å². The number of aryl methyl sites for hydroxylation is 1. The molecular weight excluding hydrogens is 206 g/mol. The largest absolute Gasteiger partial charge is 0.238 e.